The summed E-state index contributed by atoms with van der Waals surface area (Å²) in [5.74, 6) is -3.82. The predicted octanol–water partition coefficient (Wildman–Crippen LogP) is 6.14. The molecule has 2 aromatic carbocycles. The molecule has 3 aromatic rings. The highest BCUT2D eigenvalue weighted by Crippen LogP contribution is 2.44. The molecule has 0 bridgehead atoms. The highest BCUT2D eigenvalue weighted by atomic mass is 32.2. The number of nitrogens with zero attached hydrogens (tertiary/aromatic N) is 5. The topological polar surface area (TPSA) is 588 Å². The first kappa shape index (κ1) is 106. The lowest BCUT2D eigenvalue weighted by Gasteiger charge is -2.36. The van der Waals surface area contributed by atoms with Gasteiger partial charge in [0.15, 0.2) is 23.0 Å². The van der Waals surface area contributed by atoms with Crippen LogP contribution in [0.5, 0.6) is 34.5 Å². The Hall–Kier alpha value is -8.58. The number of aromatic nitrogens is 3. The number of piperidine rings is 2. The van der Waals surface area contributed by atoms with Gasteiger partial charge in [0.2, 0.25) is 58.8 Å². The fourth-order valence-corrected chi connectivity index (χ4v) is 22.6. The summed E-state index contributed by atoms with van der Waals surface area (Å²) in [5, 5.41) is 34.9. The van der Waals surface area contributed by atoms with Gasteiger partial charge >= 0.3 is 5.97 Å². The molecule has 133 heavy (non-hydrogen) atoms. The lowest BCUT2D eigenvalue weighted by atomic mass is 9.81. The van der Waals surface area contributed by atoms with Crippen molar-refractivity contribution in [1.82, 2.24) is 57.5 Å². The van der Waals surface area contributed by atoms with E-state index in [9.17, 15) is 100 Å². The molecule has 744 valence electrons. The SMILES string of the molecule is CCCOc1cc(C(=O)NC(CCCCNC(=O)CCCC[C@@H]2SC[C@@H]3CC(=O)N[C@@H]32)C(=O)NC2CCN(c3nc(C4CCC(C(=O)O)CC4)nc(N4CCC(NC(=O)C(CCCCNC(=O)CCCCC5SC[C@H]6CC(=O)N[C@@H]56)NC(=O)c5cc(OCCCS(=O)(=O)O)c(OCCCS(=O)(=O)O)c(OCCCS(=O)(=O)O)c5)CC4)n3)CC2)cc(OCCCS(=O)(=O)O)c1OCCC. The molecular formula is C86H131N13O28S6. The maximum Gasteiger partial charge on any atom is 0.306 e. The average Bonchev–Trinajstić information content (AvgIpc) is 1.78. The fourth-order valence-electron chi connectivity index (χ4n) is 17.4. The Morgan fingerprint density at radius 1 is 0.466 bits per heavy atom. The van der Waals surface area contributed by atoms with Gasteiger partial charge in [-0.25, -0.2) is 0 Å². The Labute approximate surface area is 786 Å². The van der Waals surface area contributed by atoms with Crippen LogP contribution < -0.4 is 80.8 Å². The first-order valence-corrected chi connectivity index (χ1v) is 55.0. The molecule has 47 heteroatoms. The number of carbonyl (C=O) groups is 9. The van der Waals surface area contributed by atoms with E-state index in [1.54, 1.807) is 0 Å². The van der Waals surface area contributed by atoms with Crippen LogP contribution >= 0.6 is 23.5 Å². The lowest BCUT2D eigenvalue weighted by molar-refractivity contribution is -0.143. The largest absolute Gasteiger partial charge is 0.490 e. The maximum atomic E-state index is 14.9. The number of hydrogen-bond donors (Lipinski definition) is 13. The molecule has 7 heterocycles. The minimum absolute atomic E-state index is 0.0379. The van der Waals surface area contributed by atoms with E-state index in [0.29, 0.717) is 195 Å². The third-order valence-electron chi connectivity index (χ3n) is 24.4. The molecule has 1 saturated carbocycles. The highest BCUT2D eigenvalue weighted by Gasteiger charge is 2.45. The second-order valence-corrected chi connectivity index (χ2v) is 43.9. The molecule has 41 nitrogen and oxygen atoms in total. The van der Waals surface area contributed by atoms with Crippen molar-refractivity contribution in [2.45, 2.75) is 259 Å². The van der Waals surface area contributed by atoms with Gasteiger partial charge in [-0.05, 0) is 202 Å². The second-order valence-electron chi connectivity index (χ2n) is 35.1. The van der Waals surface area contributed by atoms with Gasteiger partial charge in [-0.3, -0.25) is 61.4 Å². The molecule has 0 radical (unpaired) electrons. The van der Waals surface area contributed by atoms with Crippen LogP contribution in [0, 0.1) is 17.8 Å². The molecule has 1 aromatic heterocycles. The van der Waals surface area contributed by atoms with E-state index >= 15 is 0 Å². The van der Waals surface area contributed by atoms with Gasteiger partial charge < -0.3 is 85.9 Å². The Kier molecular flexibility index (Phi) is 41.7. The van der Waals surface area contributed by atoms with Crippen LogP contribution in [0.4, 0.5) is 11.9 Å². The number of anilines is 2. The number of hydrogen-bond acceptors (Lipinski definition) is 30. The molecule has 8 amide bonds. The summed E-state index contributed by atoms with van der Waals surface area (Å²) in [6.45, 7) is 4.72. The monoisotopic (exact) mass is 1990 g/mol. The predicted molar refractivity (Wildman–Crippen MR) is 495 cm³/mol. The number of fused-ring (bicyclic) bond motifs is 2. The Bertz CT molecular complexity index is 4850. The Balaban J connectivity index is 0.820. The van der Waals surface area contributed by atoms with Crippen molar-refractivity contribution < 1.29 is 129 Å². The number of rotatable bonds is 58. The van der Waals surface area contributed by atoms with Crippen LogP contribution in [-0.4, -0.2) is 285 Å². The van der Waals surface area contributed by atoms with Crippen LogP contribution in [-0.2, 0) is 74.0 Å². The van der Waals surface area contributed by atoms with Crippen LogP contribution in [0.1, 0.15) is 239 Å². The van der Waals surface area contributed by atoms with E-state index in [0.717, 1.165) is 37.2 Å². The van der Waals surface area contributed by atoms with E-state index in [1.165, 1.54) is 24.3 Å². The average molecular weight is 1990 g/mol. The van der Waals surface area contributed by atoms with Crippen LogP contribution in [0.2, 0.25) is 0 Å². The summed E-state index contributed by atoms with van der Waals surface area (Å²) in [6.07, 6.45) is 11.6. The van der Waals surface area contributed by atoms with Crippen molar-refractivity contribution in [3.63, 3.8) is 0 Å². The van der Waals surface area contributed by atoms with E-state index in [1.807, 2.05) is 47.2 Å². The van der Waals surface area contributed by atoms with E-state index < -0.39 is 143 Å². The molecule has 13 N–H and O–H groups in total. The number of benzene rings is 2. The molecule has 7 aliphatic rings. The van der Waals surface area contributed by atoms with Crippen molar-refractivity contribution in [2.24, 2.45) is 17.8 Å². The lowest BCUT2D eigenvalue weighted by Crippen LogP contribution is -2.52. The number of thioether (sulfide) groups is 2. The standard InChI is InChI=1S/C86H131N13O28S6/c1-3-37-122-65-47-57(48-66(77(65)126-38-4-2)123-39-13-43-130(110,111)112)80(104)91-63(17-9-11-31-87-71(100)21-7-5-19-69-75-59(53-128-69)51-73(102)93-75)82(106)89-61-27-33-98(34-28-61)85-95-79(55-23-25-56(26-24-55)84(108)109)96-86(97-85)99-35-29-62(30-36-99)90-83(107)64(18-10-12-32-88-72(101)22-8-6-20-70-76-60(54-129-70)52-74(103)94-76)92-81(105)58-49-67(124-40-14-44-131(113,114)115)78(127-42-16-46-133(119,120)121)68(50-58)125-41-15-45-132(116,117)118/h47-50,55-56,59-64,69-70,75-76H,3-46,51-54H2,1-2H3,(H,87,100)(H,88,101)(H,89,106)(H,90,107)(H,91,104)(H,92,105)(H,93,102)(H,94,103)(H,108,109)(H,110,111,112)(H,113,114,115)(H,116,117,118)(H,119,120,121)/t55?,56?,59-,60+,63?,64?,69-,70?,75-,76+/m0/s1. The van der Waals surface area contributed by atoms with Crippen LogP contribution in [0.25, 0.3) is 0 Å². The van der Waals surface area contributed by atoms with Gasteiger partial charge in [-0.2, -0.15) is 72.1 Å². The smallest absolute Gasteiger partial charge is 0.306 e. The molecule has 6 aliphatic heterocycles. The number of nitrogens with one attached hydrogen (secondary N) is 8. The normalized spacial score (nSPS) is 21.0. The van der Waals surface area contributed by atoms with Gasteiger partial charge in [0.25, 0.3) is 52.3 Å². The summed E-state index contributed by atoms with van der Waals surface area (Å²) < 4.78 is 167. The number of unbranched alkanes of at least 4 members (excludes halogenated alkanes) is 4. The van der Waals surface area contributed by atoms with Crippen LogP contribution in [0.15, 0.2) is 24.3 Å². The molecule has 8 atom stereocenters. The van der Waals surface area contributed by atoms with Gasteiger partial charge in [0.1, 0.15) is 17.9 Å². The Morgan fingerprint density at radius 3 is 1.20 bits per heavy atom. The van der Waals surface area contributed by atoms with Gasteiger partial charge in [-0.1, -0.05) is 26.7 Å². The van der Waals surface area contributed by atoms with Crippen molar-refractivity contribution in [1.29, 1.82) is 0 Å². The van der Waals surface area contributed by atoms with E-state index in [2.05, 4.69) is 42.5 Å². The van der Waals surface area contributed by atoms with Gasteiger partial charge in [0, 0.05) is 117 Å². The summed E-state index contributed by atoms with van der Waals surface area (Å²) in [7, 11) is -17.8. The highest BCUT2D eigenvalue weighted by molar-refractivity contribution is 8.00. The van der Waals surface area contributed by atoms with Crippen molar-refractivity contribution >= 4 is 129 Å². The third-order valence-corrected chi connectivity index (χ3v) is 30.8. The third kappa shape index (κ3) is 35.8. The number of aliphatic carboxylic acids is 1. The molecular weight excluding hydrogens is 1860 g/mol. The number of carboxylic acids is 1. The minimum atomic E-state index is -4.48. The molecule has 7 fully saturated rings. The number of carboxylic acid groups (broad SMARTS) is 1. The van der Waals surface area contributed by atoms with E-state index in [4.69, 9.17) is 43.4 Å². The second kappa shape index (κ2) is 52.1. The van der Waals surface area contributed by atoms with Gasteiger partial charge in [0.05, 0.1) is 68.6 Å². The summed E-state index contributed by atoms with van der Waals surface area (Å²) >= 11 is 3.73. The number of carbonyl (C=O) groups excluding carboxylic acids is 8. The molecule has 1 aliphatic carbocycles. The van der Waals surface area contributed by atoms with Crippen molar-refractivity contribution in [2.75, 3.05) is 123 Å². The number of ether oxygens (including phenoxy) is 6. The minimum Gasteiger partial charge on any atom is -0.490 e. The zero-order valence-electron chi connectivity index (χ0n) is 75.5. The summed E-state index contributed by atoms with van der Waals surface area (Å²) in [6, 6.07) is 2.35. The molecule has 10 rings (SSSR count). The Morgan fingerprint density at radius 2 is 0.827 bits per heavy atom. The zero-order valence-corrected chi connectivity index (χ0v) is 80.4. The maximum absolute atomic E-state index is 14.9. The first-order chi connectivity index (χ1) is 63.4. The quantitative estimate of drug-likeness (QED) is 0.0223. The molecule has 6 saturated heterocycles. The molecule has 3 unspecified atom stereocenters. The number of amides is 8. The van der Waals surface area contributed by atoms with Gasteiger partial charge in [-0.15, -0.1) is 0 Å². The molecule has 0 spiro atoms. The first-order valence-electron chi connectivity index (χ1n) is 46.4. The summed E-state index contributed by atoms with van der Waals surface area (Å²) in [4.78, 5) is 141. The van der Waals surface area contributed by atoms with Crippen molar-refractivity contribution in [3.8, 4) is 34.5 Å². The fraction of sp³-hybridized carbons (Fsp3) is 0.721. The summed E-state index contributed by atoms with van der Waals surface area (Å²) in [5.41, 5.74) is -0.179. The zero-order chi connectivity index (χ0) is 95.8. The van der Waals surface area contributed by atoms with Crippen LogP contribution in [0.3, 0.4) is 0 Å². The van der Waals surface area contributed by atoms with E-state index in [-0.39, 0.29) is 159 Å². The van der Waals surface area contributed by atoms with Crippen molar-refractivity contribution in [3.05, 3.63) is 41.2 Å².